The normalized spacial score (nSPS) is 31.7. The van der Waals surface area contributed by atoms with E-state index in [1.807, 2.05) is 4.83 Å². The minimum Gasteiger partial charge on any atom is -0.277 e. The fraction of sp³-hybridized carbons (Fsp3) is 0.588. The Bertz CT molecular complexity index is 882. The molecular formula is C17H20FN3O5S. The van der Waals surface area contributed by atoms with Gasteiger partial charge in [-0.05, 0) is 68.4 Å². The monoisotopic (exact) mass is 397 g/mol. The summed E-state index contributed by atoms with van der Waals surface area (Å²) >= 11 is 0. The van der Waals surface area contributed by atoms with E-state index in [4.69, 9.17) is 0 Å². The van der Waals surface area contributed by atoms with Gasteiger partial charge in [0.1, 0.15) is 5.82 Å². The highest BCUT2D eigenvalue weighted by Gasteiger charge is 2.54. The predicted octanol–water partition coefficient (Wildman–Crippen LogP) is 2.26. The van der Waals surface area contributed by atoms with Crippen LogP contribution in [0.4, 0.5) is 10.1 Å². The fourth-order valence-corrected chi connectivity index (χ4v) is 6.54. The molecule has 4 aliphatic carbocycles. The smallest absolute Gasteiger partial charge is 0.277 e. The van der Waals surface area contributed by atoms with Gasteiger partial charge in [0.2, 0.25) is 5.91 Å². The lowest BCUT2D eigenvalue weighted by Gasteiger charge is -2.55. The van der Waals surface area contributed by atoms with E-state index in [1.165, 1.54) is 0 Å². The lowest BCUT2D eigenvalue weighted by Crippen LogP contribution is -2.56. The van der Waals surface area contributed by atoms with Crippen molar-refractivity contribution in [1.29, 1.82) is 0 Å². The number of nitro groups is 1. The first-order valence-electron chi connectivity index (χ1n) is 8.95. The van der Waals surface area contributed by atoms with E-state index in [0.717, 1.165) is 50.7 Å². The predicted molar refractivity (Wildman–Crippen MR) is 92.1 cm³/mol. The summed E-state index contributed by atoms with van der Waals surface area (Å²) in [7, 11) is -4.41. The Hall–Kier alpha value is -2.07. The summed E-state index contributed by atoms with van der Waals surface area (Å²) in [5.41, 5.74) is 0.820. The van der Waals surface area contributed by atoms with Gasteiger partial charge in [-0.3, -0.25) is 20.3 Å². The van der Waals surface area contributed by atoms with Gasteiger partial charge in [0, 0.05) is 0 Å². The molecule has 8 nitrogen and oxygen atoms in total. The van der Waals surface area contributed by atoms with E-state index in [0.29, 0.717) is 23.8 Å². The number of nitrogens with one attached hydrogen (secondary N) is 2. The number of hydrogen-bond acceptors (Lipinski definition) is 5. The molecule has 0 heterocycles. The molecule has 2 N–H and O–H groups in total. The van der Waals surface area contributed by atoms with Gasteiger partial charge in [0.25, 0.3) is 15.7 Å². The van der Waals surface area contributed by atoms with Crippen LogP contribution in [0.25, 0.3) is 0 Å². The zero-order chi connectivity index (χ0) is 19.4. The van der Waals surface area contributed by atoms with Crippen molar-refractivity contribution in [3.63, 3.8) is 0 Å². The zero-order valence-electron chi connectivity index (χ0n) is 14.5. The van der Waals surface area contributed by atoms with Crippen LogP contribution in [0, 0.1) is 39.1 Å². The molecule has 0 unspecified atom stereocenters. The Labute approximate surface area is 155 Å². The number of hydrogen-bond donors (Lipinski definition) is 2. The lowest BCUT2D eigenvalue weighted by atomic mass is 9.49. The second kappa shape index (κ2) is 6.23. The molecule has 1 aromatic rings. The van der Waals surface area contributed by atoms with Crippen molar-refractivity contribution in [1.82, 2.24) is 10.3 Å². The summed E-state index contributed by atoms with van der Waals surface area (Å²) in [4.78, 5) is 24.2. The summed E-state index contributed by atoms with van der Waals surface area (Å²) in [5.74, 6) is 0.235. The van der Waals surface area contributed by atoms with Crippen LogP contribution < -0.4 is 10.3 Å². The standard InChI is InChI=1S/C17H20FN3O5S/c18-13-1-2-15(14(6-13)21(23)24)27(25,26)20-19-16(22)17-7-10-3-11(8-17)5-12(4-10)9-17/h1-2,6,10-12,20H,3-5,7-9H2,(H,19,22). The van der Waals surface area contributed by atoms with Crippen molar-refractivity contribution in [2.24, 2.45) is 23.2 Å². The Morgan fingerprint density at radius 1 is 1.15 bits per heavy atom. The minimum absolute atomic E-state index is 0.380. The summed E-state index contributed by atoms with van der Waals surface area (Å²) in [6, 6.07) is 2.17. The van der Waals surface area contributed by atoms with Gasteiger partial charge >= 0.3 is 0 Å². The van der Waals surface area contributed by atoms with Crippen molar-refractivity contribution in [2.75, 3.05) is 0 Å². The number of hydrazine groups is 1. The molecule has 0 radical (unpaired) electrons. The molecule has 1 aromatic carbocycles. The van der Waals surface area contributed by atoms with Gasteiger partial charge in [0.05, 0.1) is 16.4 Å². The average Bonchev–Trinajstić information content (AvgIpc) is 2.58. The van der Waals surface area contributed by atoms with Gasteiger partial charge in [-0.15, -0.1) is 4.83 Å². The first-order valence-corrected chi connectivity index (χ1v) is 10.4. The highest BCUT2D eigenvalue weighted by molar-refractivity contribution is 7.89. The molecule has 4 aliphatic rings. The number of rotatable bonds is 5. The summed E-state index contributed by atoms with van der Waals surface area (Å²) in [6.45, 7) is 0. The molecule has 146 valence electrons. The van der Waals surface area contributed by atoms with E-state index >= 15 is 0 Å². The quantitative estimate of drug-likeness (QED) is 0.584. The van der Waals surface area contributed by atoms with Crippen molar-refractivity contribution >= 4 is 21.6 Å². The number of benzene rings is 1. The van der Waals surface area contributed by atoms with Gasteiger partial charge in [-0.2, -0.15) is 0 Å². The Morgan fingerprint density at radius 2 is 1.70 bits per heavy atom. The first-order chi connectivity index (χ1) is 12.7. The maximum Gasteiger partial charge on any atom is 0.292 e. The van der Waals surface area contributed by atoms with Crippen LogP contribution in [0.15, 0.2) is 23.1 Å². The molecule has 4 saturated carbocycles. The number of sulfonamides is 1. The Balaban J connectivity index is 1.52. The third-order valence-corrected chi connectivity index (χ3v) is 7.52. The summed E-state index contributed by atoms with van der Waals surface area (Å²) in [5, 5.41) is 11.0. The molecule has 4 bridgehead atoms. The zero-order valence-corrected chi connectivity index (χ0v) is 15.3. The summed E-state index contributed by atoms with van der Waals surface area (Å²) < 4.78 is 38.1. The van der Waals surface area contributed by atoms with Crippen LogP contribution in [0.3, 0.4) is 0 Å². The molecule has 0 saturated heterocycles. The molecule has 4 fully saturated rings. The SMILES string of the molecule is O=C(NNS(=O)(=O)c1ccc(F)cc1[N+](=O)[O-])C12CC3CC(CC(C3)C1)C2. The van der Waals surface area contributed by atoms with Crippen LogP contribution in [-0.2, 0) is 14.8 Å². The van der Waals surface area contributed by atoms with Crippen LogP contribution in [0.5, 0.6) is 0 Å². The number of halogens is 1. The van der Waals surface area contributed by atoms with Gasteiger partial charge < -0.3 is 0 Å². The maximum absolute atomic E-state index is 13.2. The number of nitro benzene ring substituents is 1. The van der Waals surface area contributed by atoms with E-state index in [1.54, 1.807) is 0 Å². The van der Waals surface area contributed by atoms with Crippen LogP contribution >= 0.6 is 0 Å². The lowest BCUT2D eigenvalue weighted by molar-refractivity contribution is -0.388. The largest absolute Gasteiger partial charge is 0.292 e. The number of amides is 1. The van der Waals surface area contributed by atoms with Crippen molar-refractivity contribution in [2.45, 2.75) is 43.4 Å². The molecule has 0 spiro atoms. The molecular weight excluding hydrogens is 377 g/mol. The van der Waals surface area contributed by atoms with Crippen molar-refractivity contribution in [3.05, 3.63) is 34.1 Å². The Morgan fingerprint density at radius 3 is 2.22 bits per heavy atom. The molecule has 1 amide bonds. The van der Waals surface area contributed by atoms with Gasteiger partial charge in [-0.25, -0.2) is 12.8 Å². The van der Waals surface area contributed by atoms with Crippen molar-refractivity contribution in [3.8, 4) is 0 Å². The number of nitrogens with zero attached hydrogens (tertiary/aromatic N) is 1. The Kier molecular flexibility index (Phi) is 4.22. The van der Waals surface area contributed by atoms with Crippen LogP contribution in [0.2, 0.25) is 0 Å². The van der Waals surface area contributed by atoms with Crippen molar-refractivity contribution < 1.29 is 22.5 Å². The molecule has 0 aromatic heterocycles. The fourth-order valence-electron chi connectivity index (χ4n) is 5.55. The third-order valence-electron chi connectivity index (χ3n) is 6.23. The van der Waals surface area contributed by atoms with E-state index in [-0.39, 0.29) is 5.91 Å². The average molecular weight is 397 g/mol. The molecule has 0 atom stereocenters. The van der Waals surface area contributed by atoms with Crippen LogP contribution in [0.1, 0.15) is 38.5 Å². The molecule has 10 heteroatoms. The number of carbonyl (C=O) groups excluding carboxylic acids is 1. The highest BCUT2D eigenvalue weighted by Crippen LogP contribution is 2.60. The molecule has 5 rings (SSSR count). The topological polar surface area (TPSA) is 118 Å². The second-order valence-electron chi connectivity index (χ2n) is 8.13. The van der Waals surface area contributed by atoms with Gasteiger partial charge in [-0.1, -0.05) is 0 Å². The molecule has 0 aliphatic heterocycles. The third kappa shape index (κ3) is 3.20. The number of carbonyl (C=O) groups is 1. The first kappa shape index (κ1) is 18.3. The maximum atomic E-state index is 13.2. The summed E-state index contributed by atoms with van der Waals surface area (Å²) in [6.07, 6.45) is 5.68. The second-order valence-corrected chi connectivity index (χ2v) is 9.78. The molecule has 27 heavy (non-hydrogen) atoms. The minimum atomic E-state index is -4.41. The van der Waals surface area contributed by atoms with E-state index in [2.05, 4.69) is 5.43 Å². The van der Waals surface area contributed by atoms with Crippen LogP contribution in [-0.4, -0.2) is 19.2 Å². The van der Waals surface area contributed by atoms with E-state index in [9.17, 15) is 27.7 Å². The highest BCUT2D eigenvalue weighted by atomic mass is 32.2. The van der Waals surface area contributed by atoms with E-state index < -0.39 is 36.8 Å². The van der Waals surface area contributed by atoms with Gasteiger partial charge in [0.15, 0.2) is 4.90 Å².